The van der Waals surface area contributed by atoms with E-state index in [0.29, 0.717) is 23.4 Å². The molecule has 1 saturated carbocycles. The van der Waals surface area contributed by atoms with Crippen LogP contribution in [0.4, 0.5) is 0 Å². The number of nitrogens with zero attached hydrogens (tertiary/aromatic N) is 2. The van der Waals surface area contributed by atoms with Crippen LogP contribution in [0.15, 0.2) is 48.5 Å². The first-order valence-corrected chi connectivity index (χ1v) is 7.09. The summed E-state index contributed by atoms with van der Waals surface area (Å²) in [6.45, 7) is 0.624. The minimum atomic E-state index is -0.0427. The summed E-state index contributed by atoms with van der Waals surface area (Å²) < 4.78 is 0. The third kappa shape index (κ3) is 2.99. The molecule has 0 aliphatic heterocycles. The Morgan fingerprint density at radius 1 is 1.15 bits per heavy atom. The molecule has 0 N–H and O–H groups in total. The van der Waals surface area contributed by atoms with Crippen molar-refractivity contribution in [2.45, 2.75) is 25.4 Å². The number of carbonyl (C=O) groups is 1. The quantitative estimate of drug-likeness (QED) is 0.806. The number of carbonyl (C=O) groups excluding carboxylic acids is 1. The van der Waals surface area contributed by atoms with Crippen LogP contribution in [0.1, 0.15) is 28.9 Å². The molecule has 0 unspecified atom stereocenters. The lowest BCUT2D eigenvalue weighted by molar-refractivity contribution is 0.0724. The van der Waals surface area contributed by atoms with Gasteiger partial charge in [0.05, 0.1) is 0 Å². The number of aromatic nitrogens is 1. The fourth-order valence-corrected chi connectivity index (χ4v) is 2.37. The van der Waals surface area contributed by atoms with E-state index >= 15 is 0 Å². The van der Waals surface area contributed by atoms with Gasteiger partial charge in [0.15, 0.2) is 0 Å². The summed E-state index contributed by atoms with van der Waals surface area (Å²) >= 11 is 5.87. The van der Waals surface area contributed by atoms with Crippen molar-refractivity contribution < 1.29 is 4.79 Å². The smallest absolute Gasteiger partial charge is 0.273 e. The fraction of sp³-hybridized carbons (Fsp3) is 0.250. The number of hydrogen-bond donors (Lipinski definition) is 0. The Morgan fingerprint density at radius 3 is 2.55 bits per heavy atom. The summed E-state index contributed by atoms with van der Waals surface area (Å²) in [4.78, 5) is 18.6. The molecule has 1 aromatic carbocycles. The molecule has 1 fully saturated rings. The van der Waals surface area contributed by atoms with Gasteiger partial charge in [-0.1, -0.05) is 48.0 Å². The molecule has 3 rings (SSSR count). The molecule has 102 valence electrons. The van der Waals surface area contributed by atoms with E-state index in [9.17, 15) is 4.79 Å². The van der Waals surface area contributed by atoms with Crippen molar-refractivity contribution in [3.63, 3.8) is 0 Å². The summed E-state index contributed by atoms with van der Waals surface area (Å²) in [5.74, 6) is -0.0427. The van der Waals surface area contributed by atoms with Crippen molar-refractivity contribution in [2.75, 3.05) is 0 Å². The molecule has 1 aromatic heterocycles. The van der Waals surface area contributed by atoms with Crippen LogP contribution in [0.5, 0.6) is 0 Å². The van der Waals surface area contributed by atoms with Crippen LogP contribution in [0.3, 0.4) is 0 Å². The highest BCUT2D eigenvalue weighted by molar-refractivity contribution is 6.29. The highest BCUT2D eigenvalue weighted by atomic mass is 35.5. The highest BCUT2D eigenvalue weighted by Gasteiger charge is 2.33. The number of pyridine rings is 1. The molecule has 0 atom stereocenters. The second-order valence-corrected chi connectivity index (χ2v) is 5.38. The summed E-state index contributed by atoms with van der Waals surface area (Å²) in [5.41, 5.74) is 1.55. The SMILES string of the molecule is O=C(c1cccc(Cl)n1)N(Cc1ccccc1)C1CC1. The van der Waals surface area contributed by atoms with Crippen molar-refractivity contribution in [3.8, 4) is 0 Å². The van der Waals surface area contributed by atoms with Gasteiger partial charge in [0.25, 0.3) is 5.91 Å². The molecule has 20 heavy (non-hydrogen) atoms. The maximum atomic E-state index is 12.6. The van der Waals surface area contributed by atoms with Crippen LogP contribution < -0.4 is 0 Å². The van der Waals surface area contributed by atoms with Gasteiger partial charge in [-0.25, -0.2) is 4.98 Å². The first kappa shape index (κ1) is 13.1. The Labute approximate surface area is 123 Å². The number of amides is 1. The van der Waals surface area contributed by atoms with E-state index in [-0.39, 0.29) is 5.91 Å². The molecule has 3 nitrogen and oxygen atoms in total. The molecule has 2 aromatic rings. The molecule has 4 heteroatoms. The lowest BCUT2D eigenvalue weighted by Gasteiger charge is -2.22. The van der Waals surface area contributed by atoms with E-state index in [1.807, 2.05) is 35.2 Å². The number of hydrogen-bond acceptors (Lipinski definition) is 2. The zero-order valence-electron chi connectivity index (χ0n) is 11.0. The molecule has 0 bridgehead atoms. The Balaban J connectivity index is 1.82. The third-order valence-electron chi connectivity index (χ3n) is 3.38. The molecule has 0 radical (unpaired) electrons. The van der Waals surface area contributed by atoms with Gasteiger partial charge in [-0.05, 0) is 30.5 Å². The Kier molecular flexibility index (Phi) is 3.70. The van der Waals surface area contributed by atoms with E-state index in [1.165, 1.54) is 0 Å². The summed E-state index contributed by atoms with van der Waals surface area (Å²) in [6.07, 6.45) is 2.14. The molecule has 1 aliphatic rings. The molecule has 1 aliphatic carbocycles. The van der Waals surface area contributed by atoms with Gasteiger partial charge in [0, 0.05) is 12.6 Å². The third-order valence-corrected chi connectivity index (χ3v) is 3.59. The Hall–Kier alpha value is -1.87. The second kappa shape index (κ2) is 5.63. The van der Waals surface area contributed by atoms with Crippen molar-refractivity contribution in [1.29, 1.82) is 0 Å². The fourth-order valence-electron chi connectivity index (χ4n) is 2.21. The normalized spacial score (nSPS) is 14.1. The van der Waals surface area contributed by atoms with Gasteiger partial charge in [0.1, 0.15) is 10.8 Å². The lowest BCUT2D eigenvalue weighted by atomic mass is 10.2. The zero-order chi connectivity index (χ0) is 13.9. The molecular formula is C16H15ClN2O. The van der Waals surface area contributed by atoms with E-state index in [2.05, 4.69) is 4.98 Å². The van der Waals surface area contributed by atoms with Crippen LogP contribution in [-0.2, 0) is 6.54 Å². The number of rotatable bonds is 4. The minimum absolute atomic E-state index is 0.0427. The molecular weight excluding hydrogens is 272 g/mol. The summed E-state index contributed by atoms with van der Waals surface area (Å²) in [7, 11) is 0. The van der Waals surface area contributed by atoms with Crippen LogP contribution in [-0.4, -0.2) is 21.8 Å². The van der Waals surface area contributed by atoms with Crippen molar-refractivity contribution in [3.05, 3.63) is 64.9 Å². The summed E-state index contributed by atoms with van der Waals surface area (Å²) in [5, 5.41) is 0.353. The summed E-state index contributed by atoms with van der Waals surface area (Å²) in [6, 6.07) is 15.5. The maximum absolute atomic E-state index is 12.6. The van der Waals surface area contributed by atoms with Crippen molar-refractivity contribution in [2.24, 2.45) is 0 Å². The van der Waals surface area contributed by atoms with E-state index in [1.54, 1.807) is 18.2 Å². The molecule has 0 saturated heterocycles. The van der Waals surface area contributed by atoms with Gasteiger partial charge in [-0.15, -0.1) is 0 Å². The van der Waals surface area contributed by atoms with E-state index < -0.39 is 0 Å². The van der Waals surface area contributed by atoms with Crippen LogP contribution >= 0.6 is 11.6 Å². The second-order valence-electron chi connectivity index (χ2n) is 5.00. The predicted molar refractivity (Wildman–Crippen MR) is 78.6 cm³/mol. The number of halogens is 1. The number of benzene rings is 1. The average Bonchev–Trinajstić information content (AvgIpc) is 3.30. The van der Waals surface area contributed by atoms with E-state index in [0.717, 1.165) is 18.4 Å². The monoisotopic (exact) mass is 286 g/mol. The first-order valence-electron chi connectivity index (χ1n) is 6.71. The zero-order valence-corrected chi connectivity index (χ0v) is 11.8. The highest BCUT2D eigenvalue weighted by Crippen LogP contribution is 2.29. The molecule has 0 spiro atoms. The average molecular weight is 287 g/mol. The Bertz CT molecular complexity index is 611. The van der Waals surface area contributed by atoms with Gasteiger partial charge < -0.3 is 4.90 Å². The van der Waals surface area contributed by atoms with Gasteiger partial charge in [-0.2, -0.15) is 0 Å². The van der Waals surface area contributed by atoms with Crippen LogP contribution in [0, 0.1) is 0 Å². The lowest BCUT2D eigenvalue weighted by Crippen LogP contribution is -2.33. The van der Waals surface area contributed by atoms with Gasteiger partial charge >= 0.3 is 0 Å². The van der Waals surface area contributed by atoms with Crippen LogP contribution in [0.2, 0.25) is 5.15 Å². The van der Waals surface area contributed by atoms with Crippen molar-refractivity contribution in [1.82, 2.24) is 9.88 Å². The maximum Gasteiger partial charge on any atom is 0.273 e. The van der Waals surface area contributed by atoms with Gasteiger partial charge in [0.2, 0.25) is 0 Å². The minimum Gasteiger partial charge on any atom is -0.330 e. The van der Waals surface area contributed by atoms with E-state index in [4.69, 9.17) is 11.6 Å². The standard InChI is InChI=1S/C16H15ClN2O/c17-15-8-4-7-14(18-15)16(20)19(13-9-10-13)11-12-5-2-1-3-6-12/h1-8,13H,9-11H2. The van der Waals surface area contributed by atoms with Gasteiger partial charge in [-0.3, -0.25) is 4.79 Å². The van der Waals surface area contributed by atoms with Crippen LogP contribution in [0.25, 0.3) is 0 Å². The largest absolute Gasteiger partial charge is 0.330 e. The Morgan fingerprint density at radius 2 is 1.90 bits per heavy atom. The topological polar surface area (TPSA) is 33.2 Å². The first-order chi connectivity index (χ1) is 9.74. The molecule has 1 heterocycles. The molecule has 1 amide bonds. The van der Waals surface area contributed by atoms with Crippen molar-refractivity contribution >= 4 is 17.5 Å². The predicted octanol–water partition coefficient (Wildman–Crippen LogP) is 3.54.